The number of hydrogen-bond donors (Lipinski definition) is 2. The molecule has 20 heavy (non-hydrogen) atoms. The molecule has 0 spiro atoms. The van der Waals surface area contributed by atoms with Gasteiger partial charge in [-0.3, -0.25) is 0 Å². The van der Waals surface area contributed by atoms with Crippen LogP contribution in [-0.4, -0.2) is 58.7 Å². The fraction of sp³-hybridized carbons (Fsp3) is 1.00. The van der Waals surface area contributed by atoms with E-state index >= 15 is 0 Å². The molecule has 6 nitrogen and oxygen atoms in total. The lowest BCUT2D eigenvalue weighted by atomic mass is 10.1. The average molecular weight is 305 g/mol. The topological polar surface area (TPSA) is 70.7 Å². The minimum atomic E-state index is -3.32. The first-order valence-electron chi connectivity index (χ1n) is 7.60. The maximum absolute atomic E-state index is 12.0. The molecule has 7 heteroatoms. The minimum absolute atomic E-state index is 0.501. The highest BCUT2D eigenvalue weighted by Crippen LogP contribution is 2.18. The Bertz CT molecular complexity index is 378. The maximum atomic E-state index is 12.0. The van der Waals surface area contributed by atoms with Crippen molar-refractivity contribution in [2.75, 3.05) is 39.9 Å². The zero-order valence-electron chi connectivity index (χ0n) is 12.3. The Morgan fingerprint density at radius 1 is 1.25 bits per heavy atom. The van der Waals surface area contributed by atoms with Crippen LogP contribution in [0.15, 0.2) is 0 Å². The number of nitrogens with zero attached hydrogens (tertiary/aromatic N) is 1. The molecule has 1 atom stereocenters. The SMILES string of the molecule is CN(CCCNC1CC1)S(=O)(=O)NCCC1CCOC1. The van der Waals surface area contributed by atoms with Crippen LogP contribution in [0.4, 0.5) is 0 Å². The highest BCUT2D eigenvalue weighted by atomic mass is 32.2. The summed E-state index contributed by atoms with van der Waals surface area (Å²) in [6.07, 6.45) is 5.28. The van der Waals surface area contributed by atoms with Gasteiger partial charge in [-0.2, -0.15) is 12.7 Å². The summed E-state index contributed by atoms with van der Waals surface area (Å²) in [7, 11) is -1.69. The molecule has 0 bridgehead atoms. The van der Waals surface area contributed by atoms with Gasteiger partial charge in [-0.05, 0) is 44.6 Å². The lowest BCUT2D eigenvalue weighted by Gasteiger charge is -2.18. The number of rotatable bonds is 10. The molecule has 1 saturated carbocycles. The van der Waals surface area contributed by atoms with Gasteiger partial charge in [-0.1, -0.05) is 0 Å². The van der Waals surface area contributed by atoms with E-state index in [4.69, 9.17) is 4.74 Å². The Morgan fingerprint density at radius 3 is 2.70 bits per heavy atom. The van der Waals surface area contributed by atoms with Crippen molar-refractivity contribution in [2.24, 2.45) is 5.92 Å². The van der Waals surface area contributed by atoms with Crippen LogP contribution in [0.1, 0.15) is 32.1 Å². The monoisotopic (exact) mass is 305 g/mol. The van der Waals surface area contributed by atoms with E-state index < -0.39 is 10.2 Å². The normalized spacial score (nSPS) is 23.6. The third kappa shape index (κ3) is 5.65. The van der Waals surface area contributed by atoms with E-state index in [-0.39, 0.29) is 0 Å². The zero-order valence-corrected chi connectivity index (χ0v) is 13.1. The summed E-state index contributed by atoms with van der Waals surface area (Å²) in [6.45, 7) is 3.53. The third-order valence-corrected chi connectivity index (χ3v) is 5.50. The predicted octanol–water partition coefficient (Wildman–Crippen LogP) is 0.321. The lowest BCUT2D eigenvalue weighted by molar-refractivity contribution is 0.184. The van der Waals surface area contributed by atoms with Crippen LogP contribution >= 0.6 is 0 Å². The second-order valence-corrected chi connectivity index (χ2v) is 7.68. The second-order valence-electron chi connectivity index (χ2n) is 5.82. The van der Waals surface area contributed by atoms with Gasteiger partial charge in [0.2, 0.25) is 0 Å². The standard InChI is InChI=1S/C13H27N3O3S/c1-16(9-2-7-14-13-3-4-13)20(17,18)15-8-5-12-6-10-19-11-12/h12-15H,2-11H2,1H3. The quantitative estimate of drug-likeness (QED) is 0.570. The van der Waals surface area contributed by atoms with Crippen molar-refractivity contribution in [3.63, 3.8) is 0 Å². The van der Waals surface area contributed by atoms with Crippen molar-refractivity contribution in [1.82, 2.24) is 14.3 Å². The summed E-state index contributed by atoms with van der Waals surface area (Å²) in [5, 5.41) is 3.39. The molecular formula is C13H27N3O3S. The van der Waals surface area contributed by atoms with E-state index in [1.807, 2.05) is 0 Å². The van der Waals surface area contributed by atoms with Gasteiger partial charge in [0.25, 0.3) is 10.2 Å². The van der Waals surface area contributed by atoms with Crippen molar-refractivity contribution in [1.29, 1.82) is 0 Å². The highest BCUT2D eigenvalue weighted by Gasteiger charge is 2.21. The van der Waals surface area contributed by atoms with Crippen molar-refractivity contribution < 1.29 is 13.2 Å². The summed E-state index contributed by atoms with van der Waals surface area (Å²) in [5.74, 6) is 0.505. The summed E-state index contributed by atoms with van der Waals surface area (Å²) in [6, 6.07) is 0.684. The van der Waals surface area contributed by atoms with E-state index in [9.17, 15) is 8.42 Å². The molecule has 2 N–H and O–H groups in total. The minimum Gasteiger partial charge on any atom is -0.381 e. The first kappa shape index (κ1) is 16.2. The molecule has 2 rings (SSSR count). The van der Waals surface area contributed by atoms with E-state index in [0.717, 1.165) is 39.0 Å². The molecule has 1 unspecified atom stereocenters. The molecule has 1 saturated heterocycles. The Labute approximate surface area is 122 Å². The first-order chi connectivity index (χ1) is 9.58. The third-order valence-electron chi connectivity index (χ3n) is 3.93. The van der Waals surface area contributed by atoms with Gasteiger partial charge >= 0.3 is 0 Å². The number of nitrogens with one attached hydrogen (secondary N) is 2. The van der Waals surface area contributed by atoms with E-state index in [0.29, 0.717) is 25.0 Å². The van der Waals surface area contributed by atoms with Crippen LogP contribution in [0, 0.1) is 5.92 Å². The van der Waals surface area contributed by atoms with Gasteiger partial charge in [-0.15, -0.1) is 0 Å². The van der Waals surface area contributed by atoms with Gasteiger partial charge in [0, 0.05) is 39.4 Å². The molecule has 118 valence electrons. The maximum Gasteiger partial charge on any atom is 0.279 e. The van der Waals surface area contributed by atoms with Gasteiger partial charge in [0.1, 0.15) is 0 Å². The predicted molar refractivity (Wildman–Crippen MR) is 78.7 cm³/mol. The van der Waals surface area contributed by atoms with Crippen LogP contribution in [0.5, 0.6) is 0 Å². The molecule has 0 aromatic carbocycles. The molecule has 1 heterocycles. The summed E-state index contributed by atoms with van der Waals surface area (Å²) < 4.78 is 33.4. The van der Waals surface area contributed by atoms with Crippen molar-refractivity contribution in [2.45, 2.75) is 38.1 Å². The molecule has 2 aliphatic rings. The average Bonchev–Trinajstić information content (AvgIpc) is 3.09. The smallest absolute Gasteiger partial charge is 0.279 e. The van der Waals surface area contributed by atoms with E-state index in [2.05, 4.69) is 10.0 Å². The fourth-order valence-corrected chi connectivity index (χ4v) is 3.29. The van der Waals surface area contributed by atoms with Crippen molar-refractivity contribution in [3.8, 4) is 0 Å². The van der Waals surface area contributed by atoms with Crippen LogP contribution < -0.4 is 10.0 Å². The molecular weight excluding hydrogens is 278 g/mol. The van der Waals surface area contributed by atoms with E-state index in [1.165, 1.54) is 17.1 Å². The van der Waals surface area contributed by atoms with Crippen LogP contribution in [0.2, 0.25) is 0 Å². The van der Waals surface area contributed by atoms with Crippen LogP contribution in [0.25, 0.3) is 0 Å². The summed E-state index contributed by atoms with van der Waals surface area (Å²) in [5.41, 5.74) is 0. The fourth-order valence-electron chi connectivity index (χ4n) is 2.33. The number of hydrogen-bond acceptors (Lipinski definition) is 4. The van der Waals surface area contributed by atoms with Gasteiger partial charge < -0.3 is 10.1 Å². The zero-order chi connectivity index (χ0) is 14.4. The highest BCUT2D eigenvalue weighted by molar-refractivity contribution is 7.87. The number of ether oxygens (including phenoxy) is 1. The second kappa shape index (κ2) is 7.70. The Balaban J connectivity index is 1.57. The van der Waals surface area contributed by atoms with E-state index in [1.54, 1.807) is 7.05 Å². The van der Waals surface area contributed by atoms with Crippen LogP contribution in [0.3, 0.4) is 0 Å². The van der Waals surface area contributed by atoms with Gasteiger partial charge in [0.15, 0.2) is 0 Å². The molecule has 0 aromatic heterocycles. The molecule has 2 fully saturated rings. The molecule has 0 amide bonds. The van der Waals surface area contributed by atoms with Crippen molar-refractivity contribution >= 4 is 10.2 Å². The summed E-state index contributed by atoms with van der Waals surface area (Å²) >= 11 is 0. The molecule has 1 aliphatic carbocycles. The molecule has 0 aromatic rings. The largest absolute Gasteiger partial charge is 0.381 e. The Morgan fingerprint density at radius 2 is 2.05 bits per heavy atom. The first-order valence-corrected chi connectivity index (χ1v) is 9.04. The van der Waals surface area contributed by atoms with Gasteiger partial charge in [-0.25, -0.2) is 4.72 Å². The van der Waals surface area contributed by atoms with Crippen molar-refractivity contribution in [3.05, 3.63) is 0 Å². The Kier molecular flexibility index (Phi) is 6.22. The molecule has 1 aliphatic heterocycles. The van der Waals surface area contributed by atoms with Crippen LogP contribution in [-0.2, 0) is 14.9 Å². The lowest BCUT2D eigenvalue weighted by Crippen LogP contribution is -2.40. The molecule has 0 radical (unpaired) electrons. The van der Waals surface area contributed by atoms with Gasteiger partial charge in [0.05, 0.1) is 0 Å². The Hall–Kier alpha value is -0.210. The summed E-state index contributed by atoms with van der Waals surface area (Å²) in [4.78, 5) is 0.